The van der Waals surface area contributed by atoms with Crippen LogP contribution in [0.2, 0.25) is 0 Å². The Morgan fingerprint density at radius 2 is 1.85 bits per heavy atom. The highest BCUT2D eigenvalue weighted by Gasteiger charge is 2.40. The van der Waals surface area contributed by atoms with E-state index in [0.29, 0.717) is 23.9 Å². The molecule has 5 atom stereocenters. The van der Waals surface area contributed by atoms with Gasteiger partial charge in [-0.15, -0.1) is 0 Å². The molecule has 0 aliphatic carbocycles. The van der Waals surface area contributed by atoms with Crippen molar-refractivity contribution < 1.29 is 4.74 Å². The second-order valence-electron chi connectivity index (χ2n) is 6.85. The molecule has 0 amide bonds. The Bertz CT molecular complexity index is 443. The van der Waals surface area contributed by atoms with Gasteiger partial charge in [-0.3, -0.25) is 0 Å². The average molecular weight is 275 g/mol. The SMILES string of the molecule is CC(C)Cc1cccc(C(N)C2C(C)OC(C)C2C)c1. The second kappa shape index (κ2) is 6.28. The molecule has 2 nitrogen and oxygen atoms in total. The van der Waals surface area contributed by atoms with E-state index in [1.807, 2.05) is 0 Å². The zero-order chi connectivity index (χ0) is 14.9. The van der Waals surface area contributed by atoms with E-state index in [0.717, 1.165) is 6.42 Å². The first-order valence-electron chi connectivity index (χ1n) is 7.90. The summed E-state index contributed by atoms with van der Waals surface area (Å²) >= 11 is 0. The van der Waals surface area contributed by atoms with Gasteiger partial charge < -0.3 is 10.5 Å². The minimum absolute atomic E-state index is 0.0667. The maximum atomic E-state index is 6.56. The number of hydrogen-bond donors (Lipinski definition) is 1. The Balaban J connectivity index is 2.18. The van der Waals surface area contributed by atoms with Gasteiger partial charge in [-0.1, -0.05) is 45.0 Å². The smallest absolute Gasteiger partial charge is 0.0600 e. The van der Waals surface area contributed by atoms with Crippen LogP contribution in [0.5, 0.6) is 0 Å². The van der Waals surface area contributed by atoms with Crippen molar-refractivity contribution in [2.24, 2.45) is 23.5 Å². The summed E-state index contributed by atoms with van der Waals surface area (Å²) < 4.78 is 5.94. The molecule has 0 radical (unpaired) electrons. The van der Waals surface area contributed by atoms with Gasteiger partial charge in [0.15, 0.2) is 0 Å². The molecule has 0 bridgehead atoms. The molecule has 5 unspecified atom stereocenters. The largest absolute Gasteiger partial charge is 0.375 e. The van der Waals surface area contributed by atoms with Crippen LogP contribution in [0.1, 0.15) is 51.8 Å². The van der Waals surface area contributed by atoms with Gasteiger partial charge in [0.05, 0.1) is 12.2 Å². The Morgan fingerprint density at radius 3 is 2.40 bits per heavy atom. The number of ether oxygens (including phenoxy) is 1. The van der Waals surface area contributed by atoms with Crippen molar-refractivity contribution in [3.63, 3.8) is 0 Å². The number of rotatable bonds is 4. The topological polar surface area (TPSA) is 35.2 Å². The monoisotopic (exact) mass is 275 g/mol. The maximum absolute atomic E-state index is 6.56. The molecule has 2 heteroatoms. The minimum atomic E-state index is 0.0667. The van der Waals surface area contributed by atoms with Gasteiger partial charge in [0.25, 0.3) is 0 Å². The van der Waals surface area contributed by atoms with Crippen LogP contribution in [0.15, 0.2) is 24.3 Å². The summed E-state index contributed by atoms with van der Waals surface area (Å²) in [6.45, 7) is 11.1. The van der Waals surface area contributed by atoms with E-state index in [1.165, 1.54) is 11.1 Å². The van der Waals surface area contributed by atoms with Crippen molar-refractivity contribution in [1.82, 2.24) is 0 Å². The molecule has 1 fully saturated rings. The van der Waals surface area contributed by atoms with Crippen molar-refractivity contribution in [2.45, 2.75) is 59.3 Å². The molecule has 1 saturated heterocycles. The summed E-state index contributed by atoms with van der Waals surface area (Å²) in [5.41, 5.74) is 9.21. The lowest BCUT2D eigenvalue weighted by Crippen LogP contribution is -2.30. The van der Waals surface area contributed by atoms with Crippen molar-refractivity contribution in [2.75, 3.05) is 0 Å². The normalized spacial score (nSPS) is 31.8. The molecule has 2 rings (SSSR count). The lowest BCUT2D eigenvalue weighted by molar-refractivity contribution is 0.0489. The first kappa shape index (κ1) is 15.5. The Hall–Kier alpha value is -0.860. The highest BCUT2D eigenvalue weighted by Crippen LogP contribution is 2.39. The Morgan fingerprint density at radius 1 is 1.15 bits per heavy atom. The van der Waals surface area contributed by atoms with E-state index in [-0.39, 0.29) is 12.1 Å². The highest BCUT2D eigenvalue weighted by atomic mass is 16.5. The van der Waals surface area contributed by atoms with E-state index >= 15 is 0 Å². The molecule has 0 aromatic heterocycles. The van der Waals surface area contributed by atoms with Crippen LogP contribution in [-0.2, 0) is 11.2 Å². The fourth-order valence-corrected chi connectivity index (χ4v) is 3.53. The molecule has 0 saturated carbocycles. The van der Waals surface area contributed by atoms with Crippen LogP contribution in [-0.4, -0.2) is 12.2 Å². The van der Waals surface area contributed by atoms with E-state index in [4.69, 9.17) is 10.5 Å². The average Bonchev–Trinajstić information content (AvgIpc) is 2.62. The molecular weight excluding hydrogens is 246 g/mol. The van der Waals surface area contributed by atoms with E-state index < -0.39 is 0 Å². The van der Waals surface area contributed by atoms with Crippen molar-refractivity contribution >= 4 is 0 Å². The number of benzene rings is 1. The van der Waals surface area contributed by atoms with Gasteiger partial charge in [0, 0.05) is 12.0 Å². The summed E-state index contributed by atoms with van der Waals surface area (Å²) in [5.74, 6) is 1.59. The van der Waals surface area contributed by atoms with Gasteiger partial charge in [-0.05, 0) is 43.2 Å². The molecule has 1 aromatic rings. The fourth-order valence-electron chi connectivity index (χ4n) is 3.53. The molecule has 1 aliphatic rings. The molecule has 1 aromatic carbocycles. The van der Waals surface area contributed by atoms with Crippen molar-refractivity contribution in [3.05, 3.63) is 35.4 Å². The zero-order valence-corrected chi connectivity index (χ0v) is 13.5. The van der Waals surface area contributed by atoms with Crippen LogP contribution in [0.25, 0.3) is 0 Å². The fraction of sp³-hybridized carbons (Fsp3) is 0.667. The zero-order valence-electron chi connectivity index (χ0n) is 13.5. The summed E-state index contributed by atoms with van der Waals surface area (Å²) in [6, 6.07) is 8.86. The standard InChI is InChI=1S/C18H29NO/c1-11(2)9-15-7-6-8-16(10-15)18(19)17-12(3)13(4)20-14(17)5/h6-8,10-14,17-18H,9,19H2,1-5H3. The van der Waals surface area contributed by atoms with E-state index in [9.17, 15) is 0 Å². The van der Waals surface area contributed by atoms with E-state index in [1.54, 1.807) is 0 Å². The molecule has 0 spiro atoms. The second-order valence-corrected chi connectivity index (χ2v) is 6.85. The van der Waals surface area contributed by atoms with Crippen LogP contribution in [0.3, 0.4) is 0 Å². The van der Waals surface area contributed by atoms with Gasteiger partial charge in [0.1, 0.15) is 0 Å². The molecular formula is C18H29NO. The predicted octanol–water partition coefficient (Wildman–Crippen LogP) is 3.94. The molecule has 1 aliphatic heterocycles. The third-order valence-corrected chi connectivity index (χ3v) is 4.71. The van der Waals surface area contributed by atoms with Gasteiger partial charge in [-0.2, -0.15) is 0 Å². The summed E-state index contributed by atoms with van der Waals surface area (Å²) in [6.07, 6.45) is 1.66. The van der Waals surface area contributed by atoms with Crippen LogP contribution >= 0.6 is 0 Å². The summed E-state index contributed by atoms with van der Waals surface area (Å²) in [4.78, 5) is 0. The maximum Gasteiger partial charge on any atom is 0.0600 e. The molecule has 112 valence electrons. The third kappa shape index (κ3) is 3.24. The van der Waals surface area contributed by atoms with Gasteiger partial charge >= 0.3 is 0 Å². The quantitative estimate of drug-likeness (QED) is 0.903. The van der Waals surface area contributed by atoms with Crippen molar-refractivity contribution in [1.29, 1.82) is 0 Å². The van der Waals surface area contributed by atoms with Crippen LogP contribution in [0, 0.1) is 17.8 Å². The Kier molecular flexibility index (Phi) is 4.87. The number of nitrogens with two attached hydrogens (primary N) is 1. The molecule has 1 heterocycles. The van der Waals surface area contributed by atoms with Crippen LogP contribution in [0.4, 0.5) is 0 Å². The van der Waals surface area contributed by atoms with Gasteiger partial charge in [0.2, 0.25) is 0 Å². The molecule has 20 heavy (non-hydrogen) atoms. The minimum Gasteiger partial charge on any atom is -0.375 e. The summed E-state index contributed by atoms with van der Waals surface area (Å²) in [5, 5.41) is 0. The predicted molar refractivity (Wildman–Crippen MR) is 84.6 cm³/mol. The summed E-state index contributed by atoms with van der Waals surface area (Å²) in [7, 11) is 0. The lowest BCUT2D eigenvalue weighted by Gasteiger charge is -2.26. The first-order valence-corrected chi connectivity index (χ1v) is 7.90. The highest BCUT2D eigenvalue weighted by molar-refractivity contribution is 5.27. The lowest BCUT2D eigenvalue weighted by atomic mass is 9.80. The first-order chi connectivity index (χ1) is 9.40. The molecule has 2 N–H and O–H groups in total. The van der Waals surface area contributed by atoms with Crippen molar-refractivity contribution in [3.8, 4) is 0 Å². The third-order valence-electron chi connectivity index (χ3n) is 4.71. The number of hydrogen-bond acceptors (Lipinski definition) is 2. The Labute approximate surface area is 123 Å². The van der Waals surface area contributed by atoms with Gasteiger partial charge in [-0.25, -0.2) is 0 Å². The van der Waals surface area contributed by atoms with E-state index in [2.05, 4.69) is 58.9 Å². The van der Waals surface area contributed by atoms with Crippen LogP contribution < -0.4 is 5.73 Å².